The number of aliphatic hydroxyl groups is 1. The van der Waals surface area contributed by atoms with Gasteiger partial charge in [-0.1, -0.05) is 19.3 Å². The van der Waals surface area contributed by atoms with Gasteiger partial charge in [-0.15, -0.1) is 0 Å². The van der Waals surface area contributed by atoms with Crippen LogP contribution in [0.15, 0.2) is 11.2 Å². The number of aromatic nitrogens is 2. The number of H-pyrrole nitrogens is 1. The highest BCUT2D eigenvalue weighted by Gasteiger charge is 2.33. The fourth-order valence-corrected chi connectivity index (χ4v) is 4.84. The molecule has 0 amide bonds. The molecule has 0 aromatic carbocycles. The van der Waals surface area contributed by atoms with E-state index in [-0.39, 0.29) is 16.4 Å². The van der Waals surface area contributed by atoms with E-state index >= 15 is 0 Å². The standard InChI is InChI=1S/C12H21N3O3S2/c1-19-12(5-3-2-4-6-12)9-14-20(17,18)11-10(8-16)7-13-15-11/h7,14,16H,2-6,8-9H2,1H3,(H,13,15). The van der Waals surface area contributed by atoms with Gasteiger partial charge in [-0.2, -0.15) is 16.9 Å². The lowest BCUT2D eigenvalue weighted by Crippen LogP contribution is -2.42. The smallest absolute Gasteiger partial charge is 0.257 e. The van der Waals surface area contributed by atoms with Gasteiger partial charge in [0.05, 0.1) is 12.8 Å². The summed E-state index contributed by atoms with van der Waals surface area (Å²) in [6, 6.07) is 0. The van der Waals surface area contributed by atoms with Crippen molar-refractivity contribution in [2.45, 2.75) is 48.5 Å². The van der Waals surface area contributed by atoms with Crippen LogP contribution in [-0.2, 0) is 16.6 Å². The lowest BCUT2D eigenvalue weighted by molar-refractivity contribution is 0.278. The zero-order valence-electron chi connectivity index (χ0n) is 11.6. The maximum Gasteiger partial charge on any atom is 0.257 e. The van der Waals surface area contributed by atoms with E-state index in [9.17, 15) is 8.42 Å². The Morgan fingerprint density at radius 3 is 2.75 bits per heavy atom. The summed E-state index contributed by atoms with van der Waals surface area (Å²) in [5.41, 5.74) is 0.291. The molecule has 1 saturated carbocycles. The maximum absolute atomic E-state index is 12.3. The quantitative estimate of drug-likeness (QED) is 0.733. The molecule has 0 unspecified atom stereocenters. The van der Waals surface area contributed by atoms with Crippen molar-refractivity contribution >= 4 is 21.8 Å². The molecule has 1 fully saturated rings. The van der Waals surface area contributed by atoms with Crippen molar-refractivity contribution in [3.8, 4) is 0 Å². The van der Waals surface area contributed by atoms with Crippen LogP contribution < -0.4 is 4.72 Å². The van der Waals surface area contributed by atoms with E-state index in [1.54, 1.807) is 11.8 Å². The molecule has 8 heteroatoms. The van der Waals surface area contributed by atoms with E-state index < -0.39 is 10.0 Å². The van der Waals surface area contributed by atoms with Gasteiger partial charge in [0, 0.05) is 16.9 Å². The van der Waals surface area contributed by atoms with Crippen LogP contribution in [0.2, 0.25) is 0 Å². The average molecular weight is 319 g/mol. The molecule has 0 spiro atoms. The van der Waals surface area contributed by atoms with Crippen LogP contribution in [-0.4, -0.2) is 41.3 Å². The molecule has 2 rings (SSSR count). The van der Waals surface area contributed by atoms with Crippen LogP contribution in [0.3, 0.4) is 0 Å². The molecule has 0 saturated heterocycles. The number of thioether (sulfide) groups is 1. The van der Waals surface area contributed by atoms with Crippen LogP contribution in [0.1, 0.15) is 37.7 Å². The van der Waals surface area contributed by atoms with Gasteiger partial charge in [-0.25, -0.2) is 13.1 Å². The zero-order chi connectivity index (χ0) is 14.6. The third-order valence-corrected chi connectivity index (χ3v) is 6.73. The predicted octanol–water partition coefficient (Wildman–Crippen LogP) is 1.25. The number of hydrogen-bond donors (Lipinski definition) is 3. The summed E-state index contributed by atoms with van der Waals surface area (Å²) < 4.78 is 27.2. The number of nitrogens with one attached hydrogen (secondary N) is 2. The number of sulfonamides is 1. The van der Waals surface area contributed by atoms with Crippen LogP contribution in [0, 0.1) is 0 Å². The van der Waals surface area contributed by atoms with E-state index in [1.807, 2.05) is 6.26 Å². The molecule has 0 bridgehead atoms. The largest absolute Gasteiger partial charge is 0.392 e. The zero-order valence-corrected chi connectivity index (χ0v) is 13.2. The highest BCUT2D eigenvalue weighted by atomic mass is 32.2. The van der Waals surface area contributed by atoms with Crippen LogP contribution >= 0.6 is 11.8 Å². The fourth-order valence-electron chi connectivity index (χ4n) is 2.59. The lowest BCUT2D eigenvalue weighted by Gasteiger charge is -2.35. The monoisotopic (exact) mass is 319 g/mol. The van der Waals surface area contributed by atoms with Crippen molar-refractivity contribution in [2.75, 3.05) is 12.8 Å². The minimum atomic E-state index is -3.65. The Hall–Kier alpha value is -0.570. The highest BCUT2D eigenvalue weighted by molar-refractivity contribution is 8.00. The first-order valence-corrected chi connectivity index (χ1v) is 9.42. The first-order chi connectivity index (χ1) is 9.53. The van der Waals surface area contributed by atoms with Gasteiger partial charge in [0.15, 0.2) is 5.03 Å². The molecule has 1 heterocycles. The summed E-state index contributed by atoms with van der Waals surface area (Å²) in [5, 5.41) is 15.2. The van der Waals surface area contributed by atoms with Gasteiger partial charge in [-0.05, 0) is 19.1 Å². The molecule has 0 aliphatic heterocycles. The van der Waals surface area contributed by atoms with Gasteiger partial charge < -0.3 is 5.11 Å². The van der Waals surface area contributed by atoms with Crippen LogP contribution in [0.4, 0.5) is 0 Å². The van der Waals surface area contributed by atoms with Crippen molar-refractivity contribution in [3.63, 3.8) is 0 Å². The lowest BCUT2D eigenvalue weighted by atomic mass is 9.88. The highest BCUT2D eigenvalue weighted by Crippen LogP contribution is 2.38. The van der Waals surface area contributed by atoms with Crippen molar-refractivity contribution in [3.05, 3.63) is 11.8 Å². The molecule has 114 valence electrons. The summed E-state index contributed by atoms with van der Waals surface area (Å²) >= 11 is 1.74. The maximum atomic E-state index is 12.3. The Morgan fingerprint density at radius 2 is 2.15 bits per heavy atom. The van der Waals surface area contributed by atoms with Gasteiger partial charge in [0.2, 0.25) is 0 Å². The number of aromatic amines is 1. The third kappa shape index (κ3) is 3.36. The van der Waals surface area contributed by atoms with E-state index in [4.69, 9.17) is 5.11 Å². The summed E-state index contributed by atoms with van der Waals surface area (Å²) in [4.78, 5) is 0. The third-order valence-electron chi connectivity index (χ3n) is 3.90. The number of rotatable bonds is 6. The SMILES string of the molecule is CSC1(CNS(=O)(=O)c2[nH]ncc2CO)CCCCC1. The molecular weight excluding hydrogens is 298 g/mol. The van der Waals surface area contributed by atoms with E-state index in [0.717, 1.165) is 25.7 Å². The summed E-state index contributed by atoms with van der Waals surface area (Å²) in [6.07, 6.45) is 8.96. The molecule has 1 aromatic rings. The molecule has 0 atom stereocenters. The van der Waals surface area contributed by atoms with Crippen molar-refractivity contribution in [1.29, 1.82) is 0 Å². The predicted molar refractivity (Wildman–Crippen MR) is 79.0 cm³/mol. The second-order valence-corrected chi connectivity index (χ2v) is 8.13. The minimum Gasteiger partial charge on any atom is -0.392 e. The van der Waals surface area contributed by atoms with Gasteiger partial charge in [-0.3, -0.25) is 5.10 Å². The molecule has 20 heavy (non-hydrogen) atoms. The van der Waals surface area contributed by atoms with E-state index in [0.29, 0.717) is 12.1 Å². The Kier molecular flexibility index (Phi) is 5.11. The van der Waals surface area contributed by atoms with E-state index in [2.05, 4.69) is 14.9 Å². The second-order valence-electron chi connectivity index (χ2n) is 5.15. The minimum absolute atomic E-state index is 0.00921. The van der Waals surface area contributed by atoms with Gasteiger partial charge in [0.25, 0.3) is 10.0 Å². The summed E-state index contributed by atoms with van der Waals surface area (Å²) in [7, 11) is -3.65. The Labute approximate surface area is 123 Å². The van der Waals surface area contributed by atoms with Crippen LogP contribution in [0.5, 0.6) is 0 Å². The van der Waals surface area contributed by atoms with Gasteiger partial charge >= 0.3 is 0 Å². The molecule has 1 aliphatic carbocycles. The fraction of sp³-hybridized carbons (Fsp3) is 0.750. The molecule has 6 nitrogen and oxygen atoms in total. The summed E-state index contributed by atoms with van der Waals surface area (Å²) in [5.74, 6) is 0. The normalized spacial score (nSPS) is 19.1. The summed E-state index contributed by atoms with van der Waals surface area (Å²) in [6.45, 7) is 0.0702. The molecule has 3 N–H and O–H groups in total. The molecule has 1 aliphatic rings. The number of aliphatic hydroxyl groups excluding tert-OH is 1. The van der Waals surface area contributed by atoms with E-state index in [1.165, 1.54) is 12.6 Å². The van der Waals surface area contributed by atoms with Gasteiger partial charge in [0.1, 0.15) is 0 Å². The average Bonchev–Trinajstić information content (AvgIpc) is 2.96. The molecule has 1 aromatic heterocycles. The van der Waals surface area contributed by atoms with Crippen LogP contribution in [0.25, 0.3) is 0 Å². The Bertz CT molecular complexity index is 536. The Morgan fingerprint density at radius 1 is 1.45 bits per heavy atom. The Balaban J connectivity index is 2.09. The molecule has 0 radical (unpaired) electrons. The molecular formula is C12H21N3O3S2. The number of hydrogen-bond acceptors (Lipinski definition) is 5. The van der Waals surface area contributed by atoms with Crippen molar-refractivity contribution in [1.82, 2.24) is 14.9 Å². The van der Waals surface area contributed by atoms with Crippen molar-refractivity contribution < 1.29 is 13.5 Å². The first-order valence-electron chi connectivity index (χ1n) is 6.71. The first kappa shape index (κ1) is 15.8. The second kappa shape index (κ2) is 6.46. The number of nitrogens with zero attached hydrogens (tertiary/aromatic N) is 1. The van der Waals surface area contributed by atoms with Crippen molar-refractivity contribution in [2.24, 2.45) is 0 Å². The topological polar surface area (TPSA) is 95.1 Å².